The number of nitrogens with one attached hydrogen (secondary N) is 2. The van der Waals surface area contributed by atoms with Crippen molar-refractivity contribution in [2.75, 3.05) is 22.9 Å². The van der Waals surface area contributed by atoms with Gasteiger partial charge in [-0.3, -0.25) is 9.59 Å². The first-order chi connectivity index (χ1) is 21.4. The van der Waals surface area contributed by atoms with Crippen molar-refractivity contribution in [3.8, 4) is 6.07 Å². The fourth-order valence-electron chi connectivity index (χ4n) is 4.97. The summed E-state index contributed by atoms with van der Waals surface area (Å²) in [7, 11) is 0. The summed E-state index contributed by atoms with van der Waals surface area (Å²) in [5.74, 6) is -1.82. The van der Waals surface area contributed by atoms with Crippen molar-refractivity contribution >= 4 is 68.4 Å². The van der Waals surface area contributed by atoms with Crippen molar-refractivity contribution in [1.82, 2.24) is 4.90 Å². The number of aromatic carboxylic acids is 1. The van der Waals surface area contributed by atoms with Crippen molar-refractivity contribution in [2.45, 2.75) is 44.2 Å². The molecule has 0 bridgehead atoms. The molecule has 1 aliphatic heterocycles. The van der Waals surface area contributed by atoms with Crippen LogP contribution in [0.15, 0.2) is 65.6 Å². The van der Waals surface area contributed by atoms with E-state index in [4.69, 9.17) is 4.74 Å². The molecule has 3 aromatic carbocycles. The van der Waals surface area contributed by atoms with E-state index in [0.717, 1.165) is 15.3 Å². The van der Waals surface area contributed by atoms with Gasteiger partial charge >= 0.3 is 12.1 Å². The predicted octanol–water partition coefficient (Wildman–Crippen LogP) is 6.75. The van der Waals surface area contributed by atoms with Gasteiger partial charge in [0.25, 0.3) is 5.91 Å². The molecule has 3 amide bonds. The van der Waals surface area contributed by atoms with Gasteiger partial charge in [-0.05, 0) is 68.5 Å². The molecule has 1 aromatic heterocycles. The van der Waals surface area contributed by atoms with Gasteiger partial charge < -0.3 is 25.4 Å². The van der Waals surface area contributed by atoms with E-state index in [1.54, 1.807) is 53.4 Å². The Morgan fingerprint density at radius 3 is 2.44 bits per heavy atom. The van der Waals surface area contributed by atoms with E-state index in [9.17, 15) is 29.5 Å². The minimum Gasteiger partial charge on any atom is -0.478 e. The zero-order chi connectivity index (χ0) is 32.3. The fraction of sp³-hybridized carbons (Fsp3) is 0.242. The maximum absolute atomic E-state index is 13.2. The van der Waals surface area contributed by atoms with E-state index in [-0.39, 0.29) is 22.8 Å². The highest BCUT2D eigenvalue weighted by Crippen LogP contribution is 2.37. The highest BCUT2D eigenvalue weighted by atomic mass is 32.2. The van der Waals surface area contributed by atoms with Gasteiger partial charge in [-0.15, -0.1) is 23.1 Å². The number of thioether (sulfide) groups is 1. The van der Waals surface area contributed by atoms with Crippen LogP contribution in [-0.2, 0) is 22.5 Å². The first kappa shape index (κ1) is 31.6. The number of hydrogen-bond donors (Lipinski definition) is 3. The van der Waals surface area contributed by atoms with Crippen LogP contribution >= 0.6 is 23.1 Å². The van der Waals surface area contributed by atoms with Crippen molar-refractivity contribution in [1.29, 1.82) is 5.26 Å². The Morgan fingerprint density at radius 2 is 1.76 bits per heavy atom. The van der Waals surface area contributed by atoms with Crippen LogP contribution in [0.4, 0.5) is 15.5 Å². The number of carbonyl (C=O) groups excluding carboxylic acids is 3. The van der Waals surface area contributed by atoms with Crippen LogP contribution in [0.25, 0.3) is 10.8 Å². The molecule has 0 fully saturated rings. The number of anilines is 2. The number of hydrogen-bond acceptors (Lipinski definition) is 8. The van der Waals surface area contributed by atoms with Crippen LogP contribution in [0, 0.1) is 11.3 Å². The number of ether oxygens (including phenoxy) is 1. The Balaban J connectivity index is 1.23. The minimum atomic E-state index is -1.12. The third kappa shape index (κ3) is 7.28. The number of nitriles is 1. The summed E-state index contributed by atoms with van der Waals surface area (Å²) in [6, 6.07) is 19.1. The number of thiophene rings is 1. The molecule has 45 heavy (non-hydrogen) atoms. The summed E-state index contributed by atoms with van der Waals surface area (Å²) in [4.78, 5) is 53.7. The molecule has 3 N–H and O–H groups in total. The molecule has 0 atom stereocenters. The summed E-state index contributed by atoms with van der Waals surface area (Å²) < 4.78 is 5.49. The number of carbonyl (C=O) groups is 4. The Labute approximate surface area is 268 Å². The highest BCUT2D eigenvalue weighted by molar-refractivity contribution is 8.00. The number of carboxylic acid groups (broad SMARTS) is 1. The van der Waals surface area contributed by atoms with Gasteiger partial charge in [0.05, 0.1) is 23.4 Å². The third-order valence-electron chi connectivity index (χ3n) is 6.91. The Bertz CT molecular complexity index is 1870. The van der Waals surface area contributed by atoms with E-state index in [2.05, 4.69) is 16.7 Å². The molecule has 2 heterocycles. The van der Waals surface area contributed by atoms with Gasteiger partial charge in [-0.25, -0.2) is 9.59 Å². The van der Waals surface area contributed by atoms with Crippen molar-refractivity contribution in [2.24, 2.45) is 0 Å². The van der Waals surface area contributed by atoms with E-state index in [0.29, 0.717) is 46.5 Å². The van der Waals surface area contributed by atoms with Crippen LogP contribution in [0.5, 0.6) is 0 Å². The second-order valence-electron chi connectivity index (χ2n) is 11.3. The number of rotatable bonds is 7. The van der Waals surface area contributed by atoms with Crippen LogP contribution in [-0.4, -0.2) is 51.8 Å². The number of fused-ring (bicyclic) bond motifs is 2. The molecule has 0 unspecified atom stereocenters. The summed E-state index contributed by atoms with van der Waals surface area (Å²) in [6.45, 7) is 6.15. The molecule has 12 heteroatoms. The lowest BCUT2D eigenvalue weighted by Gasteiger charge is -2.29. The molecule has 4 aromatic rings. The zero-order valence-corrected chi connectivity index (χ0v) is 26.4. The number of nitrogens with zero attached hydrogens (tertiary/aromatic N) is 2. The van der Waals surface area contributed by atoms with Crippen LogP contribution in [0.2, 0.25) is 0 Å². The first-order valence-electron chi connectivity index (χ1n) is 14.0. The summed E-state index contributed by atoms with van der Waals surface area (Å²) in [5.41, 5.74) is 1.42. The molecular weight excluding hydrogens is 613 g/mol. The van der Waals surface area contributed by atoms with Crippen LogP contribution < -0.4 is 10.6 Å². The average Bonchev–Trinajstić information content (AvgIpc) is 3.34. The third-order valence-corrected chi connectivity index (χ3v) is 9.04. The number of benzene rings is 3. The zero-order valence-electron chi connectivity index (χ0n) is 24.8. The van der Waals surface area contributed by atoms with Crippen LogP contribution in [0.3, 0.4) is 0 Å². The van der Waals surface area contributed by atoms with Crippen molar-refractivity contribution in [3.05, 3.63) is 87.8 Å². The smallest absolute Gasteiger partial charge is 0.410 e. The molecule has 0 radical (unpaired) electrons. The molecular formula is C33H30N4O6S2. The monoisotopic (exact) mass is 642 g/mol. The Kier molecular flexibility index (Phi) is 9.13. The first-order valence-corrected chi connectivity index (χ1v) is 15.9. The highest BCUT2D eigenvalue weighted by Gasteiger charge is 2.30. The second kappa shape index (κ2) is 13.0. The molecule has 0 saturated heterocycles. The topological polar surface area (TPSA) is 149 Å². The van der Waals surface area contributed by atoms with E-state index >= 15 is 0 Å². The number of carboxylic acids is 1. The van der Waals surface area contributed by atoms with Crippen LogP contribution in [0.1, 0.15) is 57.5 Å². The molecule has 10 nitrogen and oxygen atoms in total. The summed E-state index contributed by atoms with van der Waals surface area (Å²) in [6.07, 6.45) is 0.0793. The molecule has 0 saturated carbocycles. The molecule has 0 aliphatic carbocycles. The maximum Gasteiger partial charge on any atom is 0.410 e. The van der Waals surface area contributed by atoms with Gasteiger partial charge in [0.2, 0.25) is 5.91 Å². The molecule has 1 aliphatic rings. The lowest BCUT2D eigenvalue weighted by atomic mass is 9.98. The van der Waals surface area contributed by atoms with Crippen molar-refractivity contribution < 1.29 is 29.0 Å². The quantitative estimate of drug-likeness (QED) is 0.188. The van der Waals surface area contributed by atoms with E-state index < -0.39 is 23.6 Å². The van der Waals surface area contributed by atoms with Gasteiger partial charge in [0.1, 0.15) is 16.7 Å². The minimum absolute atomic E-state index is 0.0417. The SMILES string of the molecule is CC(C)(C)OC(=O)N1CCc2c(sc(NC(=O)CSc3cccc(NC(=O)c4cccc5cccc(C(=O)O)c45)c3)c2C#N)C1. The van der Waals surface area contributed by atoms with E-state index in [1.807, 2.05) is 26.8 Å². The second-order valence-corrected chi connectivity index (χ2v) is 13.5. The standard InChI is InChI=1S/C33H30N4O6S2/c1-33(2,3)43-32(42)37-14-13-22-25(16-34)30(45-26(22)17-37)36-27(38)18-44-21-10-6-9-20(15-21)35-29(39)23-11-4-7-19-8-5-12-24(28(19)23)31(40)41/h4-12,15H,13-14,17-18H2,1-3H3,(H,35,39)(H,36,38)(H,40,41). The Morgan fingerprint density at radius 1 is 1.04 bits per heavy atom. The normalized spacial score (nSPS) is 12.6. The summed E-state index contributed by atoms with van der Waals surface area (Å²) >= 11 is 2.55. The lowest BCUT2D eigenvalue weighted by Crippen LogP contribution is -2.39. The largest absolute Gasteiger partial charge is 0.478 e. The van der Waals surface area contributed by atoms with Gasteiger partial charge in [0, 0.05) is 33.0 Å². The van der Waals surface area contributed by atoms with Gasteiger partial charge in [-0.2, -0.15) is 5.26 Å². The number of amides is 3. The Hall–Kier alpha value is -4.86. The predicted molar refractivity (Wildman–Crippen MR) is 174 cm³/mol. The summed E-state index contributed by atoms with van der Waals surface area (Å²) in [5, 5.41) is 26.6. The molecule has 0 spiro atoms. The van der Waals surface area contributed by atoms with Gasteiger partial charge in [0.15, 0.2) is 0 Å². The molecule has 230 valence electrons. The molecule has 5 rings (SSSR count). The average molecular weight is 643 g/mol. The maximum atomic E-state index is 13.2. The fourth-order valence-corrected chi connectivity index (χ4v) is 6.96. The van der Waals surface area contributed by atoms with Crippen molar-refractivity contribution in [3.63, 3.8) is 0 Å². The lowest BCUT2D eigenvalue weighted by molar-refractivity contribution is -0.113. The van der Waals surface area contributed by atoms with E-state index in [1.165, 1.54) is 29.2 Å². The van der Waals surface area contributed by atoms with Gasteiger partial charge in [-0.1, -0.05) is 30.3 Å².